The molecule has 3 rings (SSSR count). The van der Waals surface area contributed by atoms with Crippen molar-refractivity contribution in [3.8, 4) is 0 Å². The van der Waals surface area contributed by atoms with E-state index in [2.05, 4.69) is 0 Å². The molecule has 0 amide bonds. The van der Waals surface area contributed by atoms with Gasteiger partial charge in [0.25, 0.3) is 0 Å². The van der Waals surface area contributed by atoms with Gasteiger partial charge in [0, 0.05) is 46.2 Å². The third-order valence-electron chi connectivity index (χ3n) is 6.19. The van der Waals surface area contributed by atoms with Crippen LogP contribution in [0.1, 0.15) is 57.8 Å². The topological polar surface area (TPSA) is 72.5 Å². The molecule has 0 spiro atoms. The zero-order valence-electron chi connectivity index (χ0n) is 17.3. The molecule has 28 heavy (non-hydrogen) atoms. The lowest BCUT2D eigenvalue weighted by Gasteiger charge is -2.34. The van der Waals surface area contributed by atoms with Gasteiger partial charge in [0.15, 0.2) is 18.9 Å². The quantitative estimate of drug-likeness (QED) is 0.412. The number of carbonyl (C=O) groups is 1. The summed E-state index contributed by atoms with van der Waals surface area (Å²) in [5.41, 5.74) is 0. The number of aldehydes is 1. The lowest BCUT2D eigenvalue weighted by atomic mass is 9.88. The van der Waals surface area contributed by atoms with E-state index in [4.69, 9.17) is 28.4 Å². The average molecular weight is 401 g/mol. The van der Waals surface area contributed by atoms with Gasteiger partial charge in [0.1, 0.15) is 6.29 Å². The molecule has 2 heterocycles. The van der Waals surface area contributed by atoms with Crippen LogP contribution in [0.5, 0.6) is 0 Å². The maximum absolute atomic E-state index is 11.1. The van der Waals surface area contributed by atoms with Gasteiger partial charge in [-0.1, -0.05) is 0 Å². The third-order valence-corrected chi connectivity index (χ3v) is 6.19. The summed E-state index contributed by atoms with van der Waals surface area (Å²) in [4.78, 5) is 11.1. The van der Waals surface area contributed by atoms with Gasteiger partial charge in [0.05, 0.1) is 12.2 Å². The summed E-state index contributed by atoms with van der Waals surface area (Å²) in [5, 5.41) is 0. The van der Waals surface area contributed by atoms with Crippen LogP contribution in [0.4, 0.5) is 0 Å². The monoisotopic (exact) mass is 400 g/mol. The first-order valence-electron chi connectivity index (χ1n) is 10.8. The molecule has 6 atom stereocenters. The van der Waals surface area contributed by atoms with E-state index in [0.29, 0.717) is 6.42 Å². The third kappa shape index (κ3) is 5.74. The number of hydrogen-bond donors (Lipinski definition) is 0. The number of hydrogen-bond acceptors (Lipinski definition) is 7. The van der Waals surface area contributed by atoms with Crippen molar-refractivity contribution in [2.75, 3.05) is 27.4 Å². The second kappa shape index (κ2) is 11.6. The Bertz CT molecular complexity index is 444. The molecule has 7 heteroatoms. The van der Waals surface area contributed by atoms with Gasteiger partial charge in [0.2, 0.25) is 0 Å². The Balaban J connectivity index is 1.73. The van der Waals surface area contributed by atoms with Crippen LogP contribution in [-0.4, -0.2) is 64.8 Å². The molecule has 3 fully saturated rings. The smallest absolute Gasteiger partial charge is 0.162 e. The van der Waals surface area contributed by atoms with Gasteiger partial charge in [-0.05, 0) is 50.9 Å². The summed E-state index contributed by atoms with van der Waals surface area (Å²) in [6, 6.07) is 0. The van der Waals surface area contributed by atoms with Crippen LogP contribution in [0.25, 0.3) is 0 Å². The molecule has 0 N–H and O–H groups in total. The van der Waals surface area contributed by atoms with Crippen molar-refractivity contribution in [1.82, 2.24) is 0 Å². The normalized spacial score (nSPS) is 36.7. The minimum absolute atomic E-state index is 0.0194. The van der Waals surface area contributed by atoms with Crippen LogP contribution >= 0.6 is 0 Å². The van der Waals surface area contributed by atoms with Crippen molar-refractivity contribution in [3.63, 3.8) is 0 Å². The first-order valence-corrected chi connectivity index (χ1v) is 10.8. The molecule has 2 aliphatic heterocycles. The van der Waals surface area contributed by atoms with E-state index in [1.165, 1.54) is 0 Å². The van der Waals surface area contributed by atoms with E-state index in [0.717, 1.165) is 70.9 Å². The summed E-state index contributed by atoms with van der Waals surface area (Å²) in [6.07, 6.45) is 8.22. The molecule has 6 unspecified atom stereocenters. The van der Waals surface area contributed by atoms with Crippen molar-refractivity contribution in [2.24, 2.45) is 11.8 Å². The highest BCUT2D eigenvalue weighted by Crippen LogP contribution is 2.43. The van der Waals surface area contributed by atoms with E-state index < -0.39 is 6.29 Å². The van der Waals surface area contributed by atoms with Gasteiger partial charge in [-0.2, -0.15) is 0 Å². The average Bonchev–Trinajstić information content (AvgIpc) is 3.05. The lowest BCUT2D eigenvalue weighted by Crippen LogP contribution is -2.40. The van der Waals surface area contributed by atoms with Gasteiger partial charge in [-0.25, -0.2) is 0 Å². The maximum atomic E-state index is 11.1. The number of methoxy groups -OCH3 is 2. The van der Waals surface area contributed by atoms with Crippen molar-refractivity contribution >= 4 is 6.29 Å². The zero-order chi connectivity index (χ0) is 19.8. The molecule has 0 radical (unpaired) electrons. The second-order valence-corrected chi connectivity index (χ2v) is 8.00. The standard InChI is InChI=1S/C21H36O7/c1-23-21(24-2)20-15(8-7-11-22)16(27-18-9-3-5-12-25-18)14-17(20)28-19-10-4-6-13-26-19/h11,15-21H,3-10,12-14H2,1-2H3. The van der Waals surface area contributed by atoms with Crippen LogP contribution in [0, 0.1) is 11.8 Å². The van der Waals surface area contributed by atoms with Crippen LogP contribution in [-0.2, 0) is 33.2 Å². The largest absolute Gasteiger partial charge is 0.356 e. The molecule has 2 saturated heterocycles. The molecular formula is C21H36O7. The van der Waals surface area contributed by atoms with Crippen molar-refractivity contribution < 1.29 is 33.2 Å². The fourth-order valence-electron chi connectivity index (χ4n) is 4.84. The number of ether oxygens (including phenoxy) is 6. The SMILES string of the molecule is COC(OC)C1C(OC2CCCCO2)CC(OC2CCCCO2)C1CCC=O. The first-order chi connectivity index (χ1) is 13.8. The van der Waals surface area contributed by atoms with Crippen LogP contribution < -0.4 is 0 Å². The predicted octanol–water partition coefficient (Wildman–Crippen LogP) is 3.04. The molecular weight excluding hydrogens is 364 g/mol. The highest BCUT2D eigenvalue weighted by Gasteiger charge is 2.50. The van der Waals surface area contributed by atoms with Crippen molar-refractivity contribution in [1.29, 1.82) is 0 Å². The van der Waals surface area contributed by atoms with Crippen LogP contribution in [0.3, 0.4) is 0 Å². The van der Waals surface area contributed by atoms with Crippen molar-refractivity contribution in [3.05, 3.63) is 0 Å². The highest BCUT2D eigenvalue weighted by molar-refractivity contribution is 5.49. The summed E-state index contributed by atoms with van der Waals surface area (Å²) < 4.78 is 35.7. The molecule has 3 aliphatic rings. The minimum atomic E-state index is -0.411. The first kappa shape index (κ1) is 22.1. The molecule has 7 nitrogen and oxygen atoms in total. The molecule has 0 aromatic carbocycles. The van der Waals surface area contributed by atoms with E-state index in [1.54, 1.807) is 14.2 Å². The summed E-state index contributed by atoms with van der Waals surface area (Å²) in [6.45, 7) is 1.49. The maximum Gasteiger partial charge on any atom is 0.162 e. The number of rotatable bonds is 10. The summed E-state index contributed by atoms with van der Waals surface area (Å²) in [7, 11) is 3.30. The van der Waals surface area contributed by atoms with E-state index >= 15 is 0 Å². The zero-order valence-corrected chi connectivity index (χ0v) is 17.3. The van der Waals surface area contributed by atoms with Gasteiger partial charge in [-0.15, -0.1) is 0 Å². The Morgan fingerprint density at radius 3 is 2.04 bits per heavy atom. The Morgan fingerprint density at radius 2 is 1.54 bits per heavy atom. The fourth-order valence-corrected chi connectivity index (χ4v) is 4.84. The fraction of sp³-hybridized carbons (Fsp3) is 0.952. The van der Waals surface area contributed by atoms with Crippen molar-refractivity contribution in [2.45, 2.75) is 88.9 Å². The molecule has 0 aromatic rings. The Kier molecular flexibility index (Phi) is 9.14. The van der Waals surface area contributed by atoms with Gasteiger partial charge >= 0.3 is 0 Å². The highest BCUT2D eigenvalue weighted by atomic mass is 16.7. The Labute approximate surface area is 168 Å². The van der Waals surface area contributed by atoms with E-state index in [-0.39, 0.29) is 36.6 Å². The predicted molar refractivity (Wildman–Crippen MR) is 102 cm³/mol. The molecule has 1 saturated carbocycles. The molecule has 0 bridgehead atoms. The molecule has 162 valence electrons. The second-order valence-electron chi connectivity index (χ2n) is 8.00. The Morgan fingerprint density at radius 1 is 0.929 bits per heavy atom. The summed E-state index contributed by atoms with van der Waals surface area (Å²) >= 11 is 0. The lowest BCUT2D eigenvalue weighted by molar-refractivity contribution is -0.227. The molecule has 0 aromatic heterocycles. The van der Waals surface area contributed by atoms with Gasteiger partial charge in [-0.3, -0.25) is 0 Å². The van der Waals surface area contributed by atoms with Crippen LogP contribution in [0.2, 0.25) is 0 Å². The van der Waals surface area contributed by atoms with Gasteiger partial charge < -0.3 is 33.2 Å². The van der Waals surface area contributed by atoms with E-state index in [9.17, 15) is 4.79 Å². The van der Waals surface area contributed by atoms with E-state index in [1.807, 2.05) is 0 Å². The minimum Gasteiger partial charge on any atom is -0.356 e. The van der Waals surface area contributed by atoms with Crippen LogP contribution in [0.15, 0.2) is 0 Å². The number of carbonyl (C=O) groups excluding carboxylic acids is 1. The summed E-state index contributed by atoms with van der Waals surface area (Å²) in [5.74, 6) is 0.0864. The Hall–Kier alpha value is -0.570. The molecule has 1 aliphatic carbocycles.